The molecule has 3 N–H and O–H groups in total. The van der Waals surface area contributed by atoms with Gasteiger partial charge in [-0.25, -0.2) is 17.9 Å². The van der Waals surface area contributed by atoms with Crippen molar-refractivity contribution in [2.24, 2.45) is 0 Å². The standard InChI is InChI=1S/C19H17N3O5S/c1-10-5-12-7-13(18(23)21-16(12)6-11(10)2)9-20-28(25,26)14-3-4-15-17(8-14)27-19(24)22-15/h3-8,20H,9H2,1-2H3,(H,21,23)(H,22,24). The highest BCUT2D eigenvalue weighted by atomic mass is 32.2. The second kappa shape index (κ2) is 6.47. The van der Waals surface area contributed by atoms with Gasteiger partial charge in [0.1, 0.15) is 0 Å². The van der Waals surface area contributed by atoms with Crippen LogP contribution in [0.2, 0.25) is 0 Å². The summed E-state index contributed by atoms with van der Waals surface area (Å²) in [5.41, 5.74) is 3.32. The monoisotopic (exact) mass is 399 g/mol. The quantitative estimate of drug-likeness (QED) is 0.484. The van der Waals surface area contributed by atoms with Gasteiger partial charge in [0.05, 0.1) is 10.4 Å². The molecule has 0 unspecified atom stereocenters. The minimum Gasteiger partial charge on any atom is -0.408 e. The number of H-pyrrole nitrogens is 2. The van der Waals surface area contributed by atoms with Crippen LogP contribution in [0.15, 0.2) is 55.3 Å². The molecule has 4 aromatic rings. The van der Waals surface area contributed by atoms with Crippen LogP contribution in [0.25, 0.3) is 22.0 Å². The van der Waals surface area contributed by atoms with Crippen LogP contribution < -0.4 is 16.0 Å². The summed E-state index contributed by atoms with van der Waals surface area (Å²) in [5, 5.41) is 0.826. The van der Waals surface area contributed by atoms with E-state index in [-0.39, 0.29) is 22.6 Å². The number of benzene rings is 2. The van der Waals surface area contributed by atoms with Crippen LogP contribution in [-0.4, -0.2) is 18.4 Å². The summed E-state index contributed by atoms with van der Waals surface area (Å²) in [7, 11) is -3.90. The number of oxazole rings is 1. The van der Waals surface area contributed by atoms with Crippen molar-refractivity contribution in [3.8, 4) is 0 Å². The number of aromatic amines is 2. The van der Waals surface area contributed by atoms with Gasteiger partial charge in [0.15, 0.2) is 5.58 Å². The summed E-state index contributed by atoms with van der Waals surface area (Å²) in [6.07, 6.45) is 0. The van der Waals surface area contributed by atoms with Gasteiger partial charge >= 0.3 is 5.76 Å². The molecular weight excluding hydrogens is 382 g/mol. The average molecular weight is 399 g/mol. The molecule has 9 heteroatoms. The van der Waals surface area contributed by atoms with E-state index in [4.69, 9.17) is 4.42 Å². The lowest BCUT2D eigenvalue weighted by molar-refractivity contribution is 0.553. The van der Waals surface area contributed by atoms with Crippen molar-refractivity contribution in [2.45, 2.75) is 25.3 Å². The zero-order valence-corrected chi connectivity index (χ0v) is 15.9. The van der Waals surface area contributed by atoms with E-state index in [1.165, 1.54) is 18.2 Å². The van der Waals surface area contributed by atoms with Crippen molar-refractivity contribution in [2.75, 3.05) is 0 Å². The van der Waals surface area contributed by atoms with Gasteiger partial charge in [0, 0.05) is 23.7 Å². The van der Waals surface area contributed by atoms with Crippen LogP contribution in [0, 0.1) is 13.8 Å². The first-order chi connectivity index (χ1) is 13.2. The molecule has 0 aliphatic rings. The first-order valence-corrected chi connectivity index (χ1v) is 9.97. The van der Waals surface area contributed by atoms with Crippen LogP contribution in [-0.2, 0) is 16.6 Å². The number of aromatic nitrogens is 2. The van der Waals surface area contributed by atoms with Gasteiger partial charge in [0.25, 0.3) is 5.56 Å². The highest BCUT2D eigenvalue weighted by Crippen LogP contribution is 2.19. The Bertz CT molecular complexity index is 1440. The van der Waals surface area contributed by atoms with E-state index in [9.17, 15) is 18.0 Å². The molecule has 0 fully saturated rings. The summed E-state index contributed by atoms with van der Waals surface area (Å²) in [5.74, 6) is -0.661. The first kappa shape index (κ1) is 18.2. The van der Waals surface area contributed by atoms with Crippen LogP contribution >= 0.6 is 0 Å². The zero-order chi connectivity index (χ0) is 20.1. The SMILES string of the molecule is Cc1cc2cc(CNS(=O)(=O)c3ccc4[nH]c(=O)oc4c3)c(=O)[nH]c2cc1C. The third-order valence-corrected chi connectivity index (χ3v) is 6.09. The number of hydrogen-bond donors (Lipinski definition) is 3. The Morgan fingerprint density at radius 3 is 2.50 bits per heavy atom. The molecule has 0 aliphatic carbocycles. The molecule has 0 saturated carbocycles. The van der Waals surface area contributed by atoms with E-state index in [1.807, 2.05) is 26.0 Å². The molecule has 0 spiro atoms. The van der Waals surface area contributed by atoms with Gasteiger partial charge in [-0.15, -0.1) is 0 Å². The summed E-state index contributed by atoms with van der Waals surface area (Å²) < 4.78 is 32.5. The molecule has 2 aromatic heterocycles. The number of aryl methyl sites for hydroxylation is 2. The minimum atomic E-state index is -3.90. The van der Waals surface area contributed by atoms with E-state index < -0.39 is 15.8 Å². The highest BCUT2D eigenvalue weighted by molar-refractivity contribution is 7.89. The Kier molecular flexibility index (Phi) is 4.20. The molecule has 28 heavy (non-hydrogen) atoms. The summed E-state index contributed by atoms with van der Waals surface area (Å²) in [4.78, 5) is 28.7. The Morgan fingerprint density at radius 1 is 0.964 bits per heavy atom. The molecule has 0 radical (unpaired) electrons. The Labute approximate surface area is 159 Å². The Morgan fingerprint density at radius 2 is 1.71 bits per heavy atom. The number of fused-ring (bicyclic) bond motifs is 2. The predicted octanol–water partition coefficient (Wildman–Crippen LogP) is 2.06. The molecule has 8 nitrogen and oxygen atoms in total. The number of pyridine rings is 1. The first-order valence-electron chi connectivity index (χ1n) is 8.49. The summed E-state index contributed by atoms with van der Waals surface area (Å²) in [6.45, 7) is 3.76. The molecule has 0 saturated heterocycles. The minimum absolute atomic E-state index is 0.0635. The second-order valence-electron chi connectivity index (χ2n) is 6.64. The molecule has 0 aliphatic heterocycles. The lowest BCUT2D eigenvalue weighted by atomic mass is 10.1. The lowest BCUT2D eigenvalue weighted by Crippen LogP contribution is -2.27. The maximum absolute atomic E-state index is 12.6. The van der Waals surface area contributed by atoms with Crippen LogP contribution in [0.5, 0.6) is 0 Å². The van der Waals surface area contributed by atoms with Gasteiger partial charge < -0.3 is 9.40 Å². The smallest absolute Gasteiger partial charge is 0.408 e. The van der Waals surface area contributed by atoms with Crippen molar-refractivity contribution >= 4 is 32.0 Å². The van der Waals surface area contributed by atoms with Crippen molar-refractivity contribution in [1.82, 2.24) is 14.7 Å². The number of sulfonamides is 1. The fourth-order valence-electron chi connectivity index (χ4n) is 3.00. The normalized spacial score (nSPS) is 12.1. The predicted molar refractivity (Wildman–Crippen MR) is 105 cm³/mol. The fourth-order valence-corrected chi connectivity index (χ4v) is 4.02. The van der Waals surface area contributed by atoms with Gasteiger partial charge in [-0.05, 0) is 60.7 Å². The van der Waals surface area contributed by atoms with Crippen molar-refractivity contribution in [3.63, 3.8) is 0 Å². The topological polar surface area (TPSA) is 125 Å². The maximum Gasteiger partial charge on any atom is 0.417 e. The van der Waals surface area contributed by atoms with Gasteiger partial charge in [-0.2, -0.15) is 0 Å². The van der Waals surface area contributed by atoms with Gasteiger partial charge in [-0.1, -0.05) is 0 Å². The molecule has 0 atom stereocenters. The second-order valence-corrected chi connectivity index (χ2v) is 8.41. The molecule has 144 valence electrons. The summed E-state index contributed by atoms with van der Waals surface area (Å²) >= 11 is 0. The van der Waals surface area contributed by atoms with Crippen LogP contribution in [0.4, 0.5) is 0 Å². The van der Waals surface area contributed by atoms with Gasteiger partial charge in [-0.3, -0.25) is 9.78 Å². The van der Waals surface area contributed by atoms with E-state index >= 15 is 0 Å². The third kappa shape index (κ3) is 3.25. The zero-order valence-electron chi connectivity index (χ0n) is 15.1. The Hall–Kier alpha value is -3.17. The number of rotatable bonds is 4. The van der Waals surface area contributed by atoms with Crippen molar-refractivity contribution in [1.29, 1.82) is 0 Å². The summed E-state index contributed by atoms with van der Waals surface area (Å²) in [6, 6.07) is 9.57. The third-order valence-electron chi connectivity index (χ3n) is 4.69. The molecular formula is C19H17N3O5S. The van der Waals surface area contributed by atoms with Crippen molar-refractivity contribution in [3.05, 3.63) is 74.0 Å². The van der Waals surface area contributed by atoms with Gasteiger partial charge in [0.2, 0.25) is 10.0 Å². The van der Waals surface area contributed by atoms with Crippen LogP contribution in [0.3, 0.4) is 0 Å². The van der Waals surface area contributed by atoms with Crippen molar-refractivity contribution < 1.29 is 12.8 Å². The lowest BCUT2D eigenvalue weighted by Gasteiger charge is -2.09. The number of nitrogens with one attached hydrogen (secondary N) is 3. The van der Waals surface area contributed by atoms with E-state index in [1.54, 1.807) is 6.07 Å². The van der Waals surface area contributed by atoms with E-state index in [0.29, 0.717) is 16.6 Å². The maximum atomic E-state index is 12.6. The average Bonchev–Trinajstić information content (AvgIpc) is 3.01. The Balaban J connectivity index is 1.65. The fraction of sp³-hybridized carbons (Fsp3) is 0.158. The molecule has 0 amide bonds. The van der Waals surface area contributed by atoms with E-state index in [0.717, 1.165) is 16.5 Å². The molecule has 2 heterocycles. The van der Waals surface area contributed by atoms with Crippen LogP contribution in [0.1, 0.15) is 16.7 Å². The largest absolute Gasteiger partial charge is 0.417 e. The number of hydrogen-bond acceptors (Lipinski definition) is 5. The van der Waals surface area contributed by atoms with E-state index in [2.05, 4.69) is 14.7 Å². The molecule has 2 aromatic carbocycles. The molecule has 0 bridgehead atoms. The highest BCUT2D eigenvalue weighted by Gasteiger charge is 2.17. The molecule has 4 rings (SSSR count).